The van der Waals surface area contributed by atoms with E-state index in [9.17, 15) is 9.59 Å². The summed E-state index contributed by atoms with van der Waals surface area (Å²) in [6, 6.07) is 16.1. The Morgan fingerprint density at radius 1 is 1.16 bits per heavy atom. The number of H-pyrrole nitrogens is 2. The van der Waals surface area contributed by atoms with Gasteiger partial charge in [0.05, 0.1) is 16.8 Å². The number of nitrogens with one attached hydrogen (secondary N) is 3. The summed E-state index contributed by atoms with van der Waals surface area (Å²) < 4.78 is 0. The molecule has 162 valence electrons. The summed E-state index contributed by atoms with van der Waals surface area (Å²) >= 11 is 1.64. The maximum atomic E-state index is 12.3. The van der Waals surface area contributed by atoms with Gasteiger partial charge in [-0.15, -0.1) is 0 Å². The monoisotopic (exact) mass is 444 g/mol. The lowest BCUT2D eigenvalue weighted by atomic mass is 10.1. The van der Waals surface area contributed by atoms with E-state index >= 15 is 0 Å². The Morgan fingerprint density at radius 2 is 1.97 bits per heavy atom. The lowest BCUT2D eigenvalue weighted by Gasteiger charge is -2.13. The number of carbonyl (C=O) groups excluding carboxylic acids is 1. The molecular weight excluding hydrogens is 420 g/mol. The number of para-hydroxylation sites is 1. The number of aryl methyl sites for hydroxylation is 2. The van der Waals surface area contributed by atoms with Crippen LogP contribution in [-0.4, -0.2) is 21.1 Å². The van der Waals surface area contributed by atoms with E-state index < -0.39 is 0 Å². The highest BCUT2D eigenvalue weighted by atomic mass is 32.2. The van der Waals surface area contributed by atoms with Crippen LogP contribution in [0.2, 0.25) is 0 Å². The first-order valence-corrected chi connectivity index (χ1v) is 11.6. The van der Waals surface area contributed by atoms with Crippen molar-refractivity contribution < 1.29 is 4.79 Å². The van der Waals surface area contributed by atoms with Gasteiger partial charge in [-0.25, -0.2) is 4.98 Å². The standard InChI is InChI=1S/C25H24N4O2S/c1-3-15-12-17(10-11-19(15)27-24(30)16-8-9-16)32-22-13-21(23-14(2)28-29-25(23)31)26-20-7-5-4-6-18(20)22/h4-7,10-13,16H,3,8-9H2,1-2H3,(H,27,30)(H2,28,29,31). The molecule has 1 aliphatic carbocycles. The van der Waals surface area contributed by atoms with E-state index in [1.807, 2.05) is 49.4 Å². The highest BCUT2D eigenvalue weighted by molar-refractivity contribution is 7.99. The summed E-state index contributed by atoms with van der Waals surface area (Å²) in [6.07, 6.45) is 2.80. The Labute approximate surface area is 189 Å². The summed E-state index contributed by atoms with van der Waals surface area (Å²) in [4.78, 5) is 31.4. The van der Waals surface area contributed by atoms with E-state index in [0.29, 0.717) is 11.3 Å². The van der Waals surface area contributed by atoms with Crippen LogP contribution in [0.1, 0.15) is 31.0 Å². The molecule has 0 atom stereocenters. The van der Waals surface area contributed by atoms with Gasteiger partial charge < -0.3 is 10.4 Å². The quantitative estimate of drug-likeness (QED) is 0.377. The first kappa shape index (κ1) is 20.6. The molecule has 2 aromatic heterocycles. The zero-order chi connectivity index (χ0) is 22.2. The number of pyridine rings is 1. The second kappa shape index (κ2) is 8.31. The minimum absolute atomic E-state index is 0.122. The molecule has 1 saturated carbocycles. The number of hydrogen-bond acceptors (Lipinski definition) is 4. The second-order valence-corrected chi connectivity index (χ2v) is 9.26. The molecule has 2 heterocycles. The average Bonchev–Trinajstić information content (AvgIpc) is 3.59. The van der Waals surface area contributed by atoms with Crippen LogP contribution in [-0.2, 0) is 11.2 Å². The molecule has 3 N–H and O–H groups in total. The van der Waals surface area contributed by atoms with Crippen molar-refractivity contribution in [2.45, 2.75) is 42.9 Å². The lowest BCUT2D eigenvalue weighted by Crippen LogP contribution is -2.14. The van der Waals surface area contributed by atoms with Crippen molar-refractivity contribution in [3.05, 3.63) is 70.1 Å². The molecule has 0 spiro atoms. The Kier molecular flexibility index (Phi) is 5.35. The summed E-state index contributed by atoms with van der Waals surface area (Å²) in [5.41, 5.74) is 4.64. The SMILES string of the molecule is CCc1cc(Sc2cc(-c3c(C)[nH][nH]c3=O)nc3ccccc23)ccc1NC(=O)C1CC1. The van der Waals surface area contributed by atoms with E-state index in [2.05, 4.69) is 28.5 Å². The first-order chi connectivity index (χ1) is 15.5. The van der Waals surface area contributed by atoms with Crippen LogP contribution in [0.4, 0.5) is 5.69 Å². The highest BCUT2D eigenvalue weighted by Crippen LogP contribution is 2.37. The molecule has 1 amide bonds. The number of aromatic amines is 2. The van der Waals surface area contributed by atoms with E-state index in [4.69, 9.17) is 4.98 Å². The topological polar surface area (TPSA) is 90.6 Å². The van der Waals surface area contributed by atoms with Crippen molar-refractivity contribution >= 4 is 34.3 Å². The summed E-state index contributed by atoms with van der Waals surface area (Å²) in [5.74, 6) is 0.298. The zero-order valence-corrected chi connectivity index (χ0v) is 18.8. The third-order valence-electron chi connectivity index (χ3n) is 5.79. The molecule has 0 radical (unpaired) electrons. The first-order valence-electron chi connectivity index (χ1n) is 10.8. The van der Waals surface area contributed by atoms with Crippen LogP contribution in [0.25, 0.3) is 22.2 Å². The largest absolute Gasteiger partial charge is 0.326 e. The Bertz CT molecular complexity index is 1380. The normalized spacial score (nSPS) is 13.4. The van der Waals surface area contributed by atoms with Crippen molar-refractivity contribution in [1.82, 2.24) is 15.2 Å². The number of amides is 1. The maximum Gasteiger partial charge on any atom is 0.273 e. The third kappa shape index (κ3) is 3.96. The Hall–Kier alpha value is -3.32. The zero-order valence-electron chi connectivity index (χ0n) is 18.0. The highest BCUT2D eigenvalue weighted by Gasteiger charge is 2.29. The molecular formula is C25H24N4O2S. The fourth-order valence-electron chi connectivity index (χ4n) is 3.87. The van der Waals surface area contributed by atoms with Gasteiger partial charge in [0, 0.05) is 32.5 Å². The third-order valence-corrected chi connectivity index (χ3v) is 6.84. The predicted octanol–water partition coefficient (Wildman–Crippen LogP) is 5.29. The fraction of sp³-hybridized carbons (Fsp3) is 0.240. The van der Waals surface area contributed by atoms with Gasteiger partial charge in [0.1, 0.15) is 0 Å². The molecule has 0 aliphatic heterocycles. The molecule has 4 aromatic rings. The lowest BCUT2D eigenvalue weighted by molar-refractivity contribution is -0.117. The number of rotatable bonds is 6. The van der Waals surface area contributed by atoms with E-state index in [0.717, 1.165) is 56.9 Å². The number of fused-ring (bicyclic) bond motifs is 1. The molecule has 2 aromatic carbocycles. The van der Waals surface area contributed by atoms with Gasteiger partial charge in [-0.2, -0.15) is 0 Å². The summed E-state index contributed by atoms with van der Waals surface area (Å²) in [5, 5.41) is 9.64. The molecule has 0 unspecified atom stereocenters. The number of hydrogen-bond donors (Lipinski definition) is 3. The van der Waals surface area contributed by atoms with Crippen LogP contribution in [0.15, 0.2) is 63.1 Å². The number of benzene rings is 2. The summed E-state index contributed by atoms with van der Waals surface area (Å²) in [7, 11) is 0. The molecule has 1 aliphatic rings. The average molecular weight is 445 g/mol. The van der Waals surface area contributed by atoms with Gasteiger partial charge in [-0.1, -0.05) is 36.9 Å². The predicted molar refractivity (Wildman–Crippen MR) is 128 cm³/mol. The minimum atomic E-state index is -0.176. The van der Waals surface area contributed by atoms with Crippen LogP contribution in [0.3, 0.4) is 0 Å². The molecule has 1 fully saturated rings. The molecule has 32 heavy (non-hydrogen) atoms. The minimum Gasteiger partial charge on any atom is -0.326 e. The van der Waals surface area contributed by atoms with Gasteiger partial charge in [-0.05, 0) is 62.1 Å². The van der Waals surface area contributed by atoms with Crippen molar-refractivity contribution in [3.8, 4) is 11.3 Å². The molecule has 0 bridgehead atoms. The van der Waals surface area contributed by atoms with Crippen LogP contribution >= 0.6 is 11.8 Å². The second-order valence-electron chi connectivity index (χ2n) is 8.14. The maximum absolute atomic E-state index is 12.3. The molecule has 6 nitrogen and oxygen atoms in total. The van der Waals surface area contributed by atoms with Crippen molar-refractivity contribution in [2.75, 3.05) is 5.32 Å². The van der Waals surface area contributed by atoms with E-state index in [1.54, 1.807) is 11.8 Å². The fourth-order valence-corrected chi connectivity index (χ4v) is 4.91. The van der Waals surface area contributed by atoms with Crippen molar-refractivity contribution in [2.24, 2.45) is 5.92 Å². The Balaban J connectivity index is 1.53. The van der Waals surface area contributed by atoms with Crippen molar-refractivity contribution in [1.29, 1.82) is 0 Å². The van der Waals surface area contributed by atoms with Crippen LogP contribution in [0, 0.1) is 12.8 Å². The van der Waals surface area contributed by atoms with E-state index in [1.165, 1.54) is 0 Å². The molecule has 0 saturated heterocycles. The summed E-state index contributed by atoms with van der Waals surface area (Å²) in [6.45, 7) is 3.95. The number of nitrogens with zero attached hydrogens (tertiary/aromatic N) is 1. The smallest absolute Gasteiger partial charge is 0.273 e. The van der Waals surface area contributed by atoms with Crippen LogP contribution in [0.5, 0.6) is 0 Å². The van der Waals surface area contributed by atoms with Crippen LogP contribution < -0.4 is 10.9 Å². The van der Waals surface area contributed by atoms with Gasteiger partial charge in [0.2, 0.25) is 5.91 Å². The van der Waals surface area contributed by atoms with Gasteiger partial charge in [0.15, 0.2) is 0 Å². The van der Waals surface area contributed by atoms with E-state index in [-0.39, 0.29) is 17.4 Å². The van der Waals surface area contributed by atoms with Gasteiger partial charge in [-0.3, -0.25) is 14.7 Å². The number of anilines is 1. The number of carbonyl (C=O) groups is 1. The molecule has 5 rings (SSSR count). The van der Waals surface area contributed by atoms with Gasteiger partial charge in [0.25, 0.3) is 5.56 Å². The van der Waals surface area contributed by atoms with Gasteiger partial charge >= 0.3 is 0 Å². The molecule has 7 heteroatoms. The number of aromatic nitrogens is 3. The van der Waals surface area contributed by atoms with Crippen molar-refractivity contribution in [3.63, 3.8) is 0 Å². The Morgan fingerprint density at radius 3 is 2.69 bits per heavy atom.